The first-order valence-corrected chi connectivity index (χ1v) is 10.7. The van der Waals surface area contributed by atoms with E-state index < -0.39 is 5.60 Å². The standard InChI is InChI=1S/C21H27N3O4/c25-19(23-17-13-3-11-4-14(17)7-21(26,5-11)6-13)16-8-22-20(28-15-9-27-10-15)24-18(16)12-1-2-12/h8,11-15,17,26H,1-7,9-10H2,(H,23,25). The molecule has 1 saturated heterocycles. The maximum Gasteiger partial charge on any atom is 0.317 e. The molecule has 0 aromatic carbocycles. The predicted molar refractivity (Wildman–Crippen MR) is 99.0 cm³/mol. The number of aliphatic hydroxyl groups is 1. The second-order valence-electron chi connectivity index (χ2n) is 9.70. The smallest absolute Gasteiger partial charge is 0.317 e. The highest BCUT2D eigenvalue weighted by atomic mass is 16.6. The lowest BCUT2D eigenvalue weighted by Crippen LogP contribution is -2.61. The number of nitrogens with one attached hydrogen (secondary N) is 1. The number of nitrogens with zero attached hydrogens (tertiary/aromatic N) is 2. The molecule has 1 aliphatic heterocycles. The molecule has 7 heteroatoms. The van der Waals surface area contributed by atoms with E-state index >= 15 is 0 Å². The fourth-order valence-electron chi connectivity index (χ4n) is 6.16. The van der Waals surface area contributed by atoms with E-state index in [-0.39, 0.29) is 18.1 Å². The first-order chi connectivity index (χ1) is 13.6. The van der Waals surface area contributed by atoms with E-state index in [0.717, 1.165) is 50.6 Å². The van der Waals surface area contributed by atoms with Crippen LogP contribution < -0.4 is 10.1 Å². The van der Waals surface area contributed by atoms with Crippen LogP contribution in [-0.4, -0.2) is 51.9 Å². The van der Waals surface area contributed by atoms with Gasteiger partial charge >= 0.3 is 6.01 Å². The zero-order chi connectivity index (χ0) is 18.9. The lowest BCUT2D eigenvalue weighted by molar-refractivity contribution is -0.136. The quantitative estimate of drug-likeness (QED) is 0.803. The van der Waals surface area contributed by atoms with Crippen LogP contribution in [0, 0.1) is 17.8 Å². The van der Waals surface area contributed by atoms with Crippen LogP contribution in [0.4, 0.5) is 0 Å². The second kappa shape index (κ2) is 6.13. The van der Waals surface area contributed by atoms with Gasteiger partial charge in [0.25, 0.3) is 5.91 Å². The summed E-state index contributed by atoms with van der Waals surface area (Å²) in [5.74, 6) is 1.69. The van der Waals surface area contributed by atoms with Crippen molar-refractivity contribution in [3.8, 4) is 6.01 Å². The molecular formula is C21H27N3O4. The molecule has 1 aromatic heterocycles. The average molecular weight is 385 g/mol. The summed E-state index contributed by atoms with van der Waals surface area (Å²) in [6, 6.07) is 0.517. The largest absolute Gasteiger partial charge is 0.455 e. The summed E-state index contributed by atoms with van der Waals surface area (Å²) in [6.45, 7) is 1.14. The Hall–Kier alpha value is -1.73. The topological polar surface area (TPSA) is 93.6 Å². The third-order valence-corrected chi connectivity index (χ3v) is 7.42. The zero-order valence-electron chi connectivity index (χ0n) is 16.0. The molecule has 2 unspecified atom stereocenters. The highest BCUT2D eigenvalue weighted by Crippen LogP contribution is 2.55. The van der Waals surface area contributed by atoms with Gasteiger partial charge < -0.3 is 19.9 Å². The summed E-state index contributed by atoms with van der Waals surface area (Å²) in [7, 11) is 0. The van der Waals surface area contributed by atoms with Crippen LogP contribution >= 0.6 is 0 Å². The van der Waals surface area contributed by atoms with Crippen LogP contribution in [0.3, 0.4) is 0 Å². The van der Waals surface area contributed by atoms with Gasteiger partial charge in [-0.3, -0.25) is 4.79 Å². The summed E-state index contributed by atoms with van der Waals surface area (Å²) in [5.41, 5.74) is 0.932. The van der Waals surface area contributed by atoms with Crippen molar-refractivity contribution in [1.29, 1.82) is 0 Å². The minimum atomic E-state index is -0.482. The average Bonchev–Trinajstić information content (AvgIpc) is 3.44. The highest BCUT2D eigenvalue weighted by molar-refractivity contribution is 5.95. The molecule has 0 radical (unpaired) electrons. The molecule has 2 heterocycles. The van der Waals surface area contributed by atoms with Gasteiger partial charge in [0.1, 0.15) is 6.10 Å². The van der Waals surface area contributed by atoms with E-state index in [4.69, 9.17) is 9.47 Å². The summed E-state index contributed by atoms with van der Waals surface area (Å²) < 4.78 is 10.9. The van der Waals surface area contributed by atoms with Gasteiger partial charge in [-0.05, 0) is 62.7 Å². The van der Waals surface area contributed by atoms with E-state index in [1.54, 1.807) is 6.20 Å². The molecule has 4 bridgehead atoms. The number of rotatable bonds is 5. The van der Waals surface area contributed by atoms with E-state index in [2.05, 4.69) is 15.3 Å². The number of hydrogen-bond donors (Lipinski definition) is 2. The van der Waals surface area contributed by atoms with Gasteiger partial charge in [0.05, 0.1) is 30.1 Å². The maximum atomic E-state index is 13.2. The van der Waals surface area contributed by atoms with E-state index in [9.17, 15) is 9.90 Å². The molecule has 0 spiro atoms. The number of carbonyl (C=O) groups excluding carboxylic acids is 1. The molecule has 2 N–H and O–H groups in total. The van der Waals surface area contributed by atoms with Gasteiger partial charge in [-0.15, -0.1) is 0 Å². The van der Waals surface area contributed by atoms with Crippen molar-refractivity contribution in [3.05, 3.63) is 17.5 Å². The second-order valence-corrected chi connectivity index (χ2v) is 9.70. The fraction of sp³-hybridized carbons (Fsp3) is 0.762. The van der Waals surface area contributed by atoms with Crippen LogP contribution in [0.1, 0.15) is 66.9 Å². The molecule has 6 aliphatic rings. The number of hydrogen-bond acceptors (Lipinski definition) is 6. The lowest BCUT2D eigenvalue weighted by Gasteiger charge is -2.58. The monoisotopic (exact) mass is 385 g/mol. The Morgan fingerprint density at radius 2 is 1.96 bits per heavy atom. The first kappa shape index (κ1) is 17.2. The molecule has 1 aromatic rings. The summed E-state index contributed by atoms with van der Waals surface area (Å²) in [6.07, 6.45) is 8.64. The molecule has 7 nitrogen and oxygen atoms in total. The van der Waals surface area contributed by atoms with Crippen LogP contribution in [0.5, 0.6) is 6.01 Å². The molecule has 7 rings (SSSR count). The SMILES string of the molecule is O=C(NC1C2CC3CC1CC(O)(C3)C2)c1cnc(OC2COC2)nc1C1CC1. The normalized spacial score (nSPS) is 38.9. The minimum Gasteiger partial charge on any atom is -0.455 e. The summed E-state index contributed by atoms with van der Waals surface area (Å²) in [5, 5.41) is 14.1. The summed E-state index contributed by atoms with van der Waals surface area (Å²) in [4.78, 5) is 22.0. The van der Waals surface area contributed by atoms with E-state index in [1.165, 1.54) is 0 Å². The number of amides is 1. The van der Waals surface area contributed by atoms with Crippen LogP contribution in [0.2, 0.25) is 0 Å². The zero-order valence-corrected chi connectivity index (χ0v) is 16.0. The van der Waals surface area contributed by atoms with Crippen molar-refractivity contribution in [2.75, 3.05) is 13.2 Å². The molecule has 6 fully saturated rings. The van der Waals surface area contributed by atoms with Gasteiger partial charge in [-0.1, -0.05) is 0 Å². The molecule has 2 atom stereocenters. The van der Waals surface area contributed by atoms with Gasteiger partial charge in [0.15, 0.2) is 0 Å². The third-order valence-electron chi connectivity index (χ3n) is 7.42. The van der Waals surface area contributed by atoms with Gasteiger partial charge in [-0.2, -0.15) is 4.98 Å². The Bertz CT molecular complexity index is 791. The van der Waals surface area contributed by atoms with Crippen molar-refractivity contribution < 1.29 is 19.4 Å². The molecular weight excluding hydrogens is 358 g/mol. The highest BCUT2D eigenvalue weighted by Gasteiger charge is 2.55. The van der Waals surface area contributed by atoms with Gasteiger partial charge in [0.2, 0.25) is 0 Å². The molecule has 1 amide bonds. The van der Waals surface area contributed by atoms with Crippen LogP contribution in [0.25, 0.3) is 0 Å². The van der Waals surface area contributed by atoms with E-state index in [0.29, 0.717) is 48.5 Å². The van der Waals surface area contributed by atoms with Crippen LogP contribution in [-0.2, 0) is 4.74 Å². The van der Waals surface area contributed by atoms with Gasteiger partial charge in [0, 0.05) is 18.2 Å². The Morgan fingerprint density at radius 3 is 2.57 bits per heavy atom. The minimum absolute atomic E-state index is 0.0191. The van der Waals surface area contributed by atoms with Crippen molar-refractivity contribution in [2.45, 2.75) is 68.6 Å². The summed E-state index contributed by atoms with van der Waals surface area (Å²) >= 11 is 0. The maximum absolute atomic E-state index is 13.2. The number of ether oxygens (including phenoxy) is 2. The van der Waals surface area contributed by atoms with Crippen LogP contribution in [0.15, 0.2) is 6.20 Å². The molecule has 5 saturated carbocycles. The van der Waals surface area contributed by atoms with Crippen molar-refractivity contribution in [2.24, 2.45) is 17.8 Å². The Morgan fingerprint density at radius 1 is 1.21 bits per heavy atom. The first-order valence-electron chi connectivity index (χ1n) is 10.7. The molecule has 150 valence electrons. The Kier molecular flexibility index (Phi) is 3.76. The fourth-order valence-corrected chi connectivity index (χ4v) is 6.16. The predicted octanol–water partition coefficient (Wildman–Crippen LogP) is 1.80. The van der Waals surface area contributed by atoms with Crippen molar-refractivity contribution in [3.63, 3.8) is 0 Å². The van der Waals surface area contributed by atoms with Crippen molar-refractivity contribution >= 4 is 5.91 Å². The Labute approximate surface area is 164 Å². The van der Waals surface area contributed by atoms with Crippen molar-refractivity contribution in [1.82, 2.24) is 15.3 Å². The van der Waals surface area contributed by atoms with Gasteiger partial charge in [-0.25, -0.2) is 4.98 Å². The Balaban J connectivity index is 1.21. The third kappa shape index (κ3) is 2.90. The molecule has 28 heavy (non-hydrogen) atoms. The number of carbonyl (C=O) groups is 1. The lowest BCUT2D eigenvalue weighted by atomic mass is 9.52. The van der Waals surface area contributed by atoms with E-state index in [1.807, 2.05) is 0 Å². The molecule has 5 aliphatic carbocycles. The number of aromatic nitrogens is 2.